The lowest BCUT2D eigenvalue weighted by Gasteiger charge is -2.38. The zero-order valence-corrected chi connectivity index (χ0v) is 10.5. The van der Waals surface area contributed by atoms with Crippen molar-refractivity contribution in [2.24, 2.45) is 5.92 Å². The molecule has 1 saturated carbocycles. The summed E-state index contributed by atoms with van der Waals surface area (Å²) in [6.07, 6.45) is 4.10. The molecular weight excluding hydrogens is 202 g/mol. The van der Waals surface area contributed by atoms with Gasteiger partial charge in [0.2, 0.25) is 0 Å². The van der Waals surface area contributed by atoms with Crippen molar-refractivity contribution in [3.63, 3.8) is 0 Å². The highest BCUT2D eigenvalue weighted by Crippen LogP contribution is 2.25. The zero-order chi connectivity index (χ0) is 11.6. The standard InChI is InChI=1S/C13H23NO2/c1-13(2)10-14(8-9-16-13)7-6-11-4-3-5-12(11)15/h11H,3-10H2,1-2H3. The smallest absolute Gasteiger partial charge is 0.136 e. The molecule has 2 fully saturated rings. The maximum absolute atomic E-state index is 11.5. The minimum Gasteiger partial charge on any atom is -0.373 e. The summed E-state index contributed by atoms with van der Waals surface area (Å²) in [6, 6.07) is 0. The van der Waals surface area contributed by atoms with Crippen LogP contribution in [0.25, 0.3) is 0 Å². The molecule has 92 valence electrons. The van der Waals surface area contributed by atoms with Crippen LogP contribution in [0.1, 0.15) is 39.5 Å². The number of nitrogens with zero attached hydrogens (tertiary/aromatic N) is 1. The van der Waals surface area contributed by atoms with Crippen molar-refractivity contribution in [1.82, 2.24) is 4.90 Å². The Morgan fingerprint density at radius 3 is 2.94 bits per heavy atom. The van der Waals surface area contributed by atoms with Gasteiger partial charge in [0.1, 0.15) is 5.78 Å². The number of carbonyl (C=O) groups excluding carboxylic acids is 1. The van der Waals surface area contributed by atoms with Crippen LogP contribution in [0.3, 0.4) is 0 Å². The molecule has 0 aromatic rings. The molecular formula is C13H23NO2. The molecule has 1 unspecified atom stereocenters. The van der Waals surface area contributed by atoms with Crippen molar-refractivity contribution in [3.05, 3.63) is 0 Å². The largest absolute Gasteiger partial charge is 0.373 e. The second-order valence-electron chi connectivity index (χ2n) is 5.73. The number of morpholine rings is 1. The first kappa shape index (κ1) is 12.1. The van der Waals surface area contributed by atoms with Gasteiger partial charge in [-0.2, -0.15) is 0 Å². The fourth-order valence-electron chi connectivity index (χ4n) is 2.84. The molecule has 0 amide bonds. The summed E-state index contributed by atoms with van der Waals surface area (Å²) in [4.78, 5) is 14.0. The monoisotopic (exact) mass is 225 g/mol. The molecule has 0 aromatic carbocycles. The molecule has 1 saturated heterocycles. The summed E-state index contributed by atoms with van der Waals surface area (Å²) < 4.78 is 5.68. The van der Waals surface area contributed by atoms with Gasteiger partial charge in [-0.1, -0.05) is 0 Å². The van der Waals surface area contributed by atoms with Gasteiger partial charge in [-0.25, -0.2) is 0 Å². The van der Waals surface area contributed by atoms with E-state index in [9.17, 15) is 4.79 Å². The Morgan fingerprint density at radius 2 is 2.31 bits per heavy atom. The fraction of sp³-hybridized carbons (Fsp3) is 0.923. The summed E-state index contributed by atoms with van der Waals surface area (Å²) >= 11 is 0. The van der Waals surface area contributed by atoms with E-state index in [-0.39, 0.29) is 5.60 Å². The van der Waals surface area contributed by atoms with Crippen LogP contribution in [-0.2, 0) is 9.53 Å². The van der Waals surface area contributed by atoms with Crippen LogP contribution in [0.4, 0.5) is 0 Å². The molecule has 2 aliphatic rings. The lowest BCUT2D eigenvalue weighted by molar-refractivity contribution is -0.121. The number of hydrogen-bond donors (Lipinski definition) is 0. The minimum absolute atomic E-state index is 0.0159. The fourth-order valence-corrected chi connectivity index (χ4v) is 2.84. The molecule has 0 N–H and O–H groups in total. The van der Waals surface area contributed by atoms with Gasteiger partial charge in [-0.3, -0.25) is 9.69 Å². The molecule has 16 heavy (non-hydrogen) atoms. The van der Waals surface area contributed by atoms with Crippen LogP contribution in [0.15, 0.2) is 0 Å². The van der Waals surface area contributed by atoms with E-state index >= 15 is 0 Å². The van der Waals surface area contributed by atoms with Crippen LogP contribution in [0.2, 0.25) is 0 Å². The van der Waals surface area contributed by atoms with E-state index in [2.05, 4.69) is 18.7 Å². The first-order valence-corrected chi connectivity index (χ1v) is 6.46. The van der Waals surface area contributed by atoms with Gasteiger partial charge >= 0.3 is 0 Å². The first-order valence-electron chi connectivity index (χ1n) is 6.46. The summed E-state index contributed by atoms with van der Waals surface area (Å²) in [6.45, 7) is 8.17. The maximum atomic E-state index is 11.5. The van der Waals surface area contributed by atoms with Gasteiger partial charge in [-0.15, -0.1) is 0 Å². The normalized spacial score (nSPS) is 30.9. The van der Waals surface area contributed by atoms with E-state index in [0.29, 0.717) is 11.7 Å². The van der Waals surface area contributed by atoms with Crippen LogP contribution in [0, 0.1) is 5.92 Å². The highest BCUT2D eigenvalue weighted by molar-refractivity contribution is 5.82. The number of rotatable bonds is 3. The van der Waals surface area contributed by atoms with Crippen molar-refractivity contribution >= 4 is 5.78 Å². The molecule has 0 aromatic heterocycles. The number of ether oxygens (including phenoxy) is 1. The Kier molecular flexibility index (Phi) is 3.65. The van der Waals surface area contributed by atoms with E-state index in [1.807, 2.05) is 0 Å². The molecule has 1 atom stereocenters. The van der Waals surface area contributed by atoms with Gasteiger partial charge < -0.3 is 4.74 Å². The highest BCUT2D eigenvalue weighted by Gasteiger charge is 2.29. The number of ketones is 1. The zero-order valence-electron chi connectivity index (χ0n) is 10.5. The van der Waals surface area contributed by atoms with E-state index in [4.69, 9.17) is 4.74 Å². The second-order valence-corrected chi connectivity index (χ2v) is 5.73. The third-order valence-electron chi connectivity index (χ3n) is 3.73. The Bertz CT molecular complexity index is 263. The molecule has 0 spiro atoms. The predicted molar refractivity (Wildman–Crippen MR) is 63.4 cm³/mol. The van der Waals surface area contributed by atoms with Gasteiger partial charge in [0.05, 0.1) is 12.2 Å². The van der Waals surface area contributed by atoms with Crippen molar-refractivity contribution in [1.29, 1.82) is 0 Å². The number of Topliss-reactive ketones (excluding diaryl/α,β-unsaturated/α-hetero) is 1. The van der Waals surface area contributed by atoms with Crippen LogP contribution in [0.5, 0.6) is 0 Å². The molecule has 1 aliphatic heterocycles. The number of carbonyl (C=O) groups is 1. The predicted octanol–water partition coefficient (Wildman–Crippen LogP) is 1.86. The maximum Gasteiger partial charge on any atom is 0.136 e. The van der Waals surface area contributed by atoms with E-state index < -0.39 is 0 Å². The summed E-state index contributed by atoms with van der Waals surface area (Å²) in [5.74, 6) is 0.846. The summed E-state index contributed by atoms with van der Waals surface area (Å²) in [5, 5.41) is 0. The quantitative estimate of drug-likeness (QED) is 0.734. The molecule has 3 nitrogen and oxygen atoms in total. The SMILES string of the molecule is CC1(C)CN(CCC2CCCC2=O)CCO1. The molecule has 3 heteroatoms. The van der Waals surface area contributed by atoms with Gasteiger partial charge in [0.15, 0.2) is 0 Å². The van der Waals surface area contributed by atoms with Crippen molar-refractivity contribution in [2.75, 3.05) is 26.2 Å². The lowest BCUT2D eigenvalue weighted by Crippen LogP contribution is -2.48. The topological polar surface area (TPSA) is 29.5 Å². The third-order valence-corrected chi connectivity index (χ3v) is 3.73. The van der Waals surface area contributed by atoms with Gasteiger partial charge in [-0.05, 0) is 39.7 Å². The highest BCUT2D eigenvalue weighted by atomic mass is 16.5. The van der Waals surface area contributed by atoms with Gasteiger partial charge in [0.25, 0.3) is 0 Å². The average molecular weight is 225 g/mol. The summed E-state index contributed by atoms with van der Waals surface area (Å²) in [7, 11) is 0. The second kappa shape index (κ2) is 4.84. The van der Waals surface area contributed by atoms with Crippen LogP contribution < -0.4 is 0 Å². The van der Waals surface area contributed by atoms with E-state index in [0.717, 1.165) is 51.9 Å². The molecule has 0 bridgehead atoms. The van der Waals surface area contributed by atoms with E-state index in [1.54, 1.807) is 0 Å². The average Bonchev–Trinajstić information content (AvgIpc) is 2.60. The number of hydrogen-bond acceptors (Lipinski definition) is 3. The Hall–Kier alpha value is -0.410. The Morgan fingerprint density at radius 1 is 1.50 bits per heavy atom. The van der Waals surface area contributed by atoms with E-state index in [1.165, 1.54) is 0 Å². The van der Waals surface area contributed by atoms with Crippen LogP contribution >= 0.6 is 0 Å². The lowest BCUT2D eigenvalue weighted by atomic mass is 10.0. The molecule has 2 rings (SSSR count). The third kappa shape index (κ3) is 3.05. The Balaban J connectivity index is 1.75. The molecule has 1 heterocycles. The van der Waals surface area contributed by atoms with Crippen molar-refractivity contribution in [2.45, 2.75) is 45.1 Å². The minimum atomic E-state index is -0.0159. The van der Waals surface area contributed by atoms with Crippen LogP contribution in [-0.4, -0.2) is 42.5 Å². The molecule has 1 aliphatic carbocycles. The summed E-state index contributed by atoms with van der Waals surface area (Å²) in [5.41, 5.74) is -0.0159. The van der Waals surface area contributed by atoms with Gasteiger partial charge in [0, 0.05) is 25.4 Å². The first-order chi connectivity index (χ1) is 7.57. The molecule has 0 radical (unpaired) electrons. The van der Waals surface area contributed by atoms with Crippen molar-refractivity contribution < 1.29 is 9.53 Å². The van der Waals surface area contributed by atoms with Crippen molar-refractivity contribution in [3.8, 4) is 0 Å². The Labute approximate surface area is 98.1 Å².